The van der Waals surface area contributed by atoms with Crippen LogP contribution in [0, 0.1) is 5.82 Å². The number of nitrogens with zero attached hydrogens (tertiary/aromatic N) is 3. The van der Waals surface area contributed by atoms with Crippen LogP contribution in [0.2, 0.25) is 0 Å². The maximum Gasteiger partial charge on any atom is 0.255 e. The molecule has 3 rings (SSSR count). The Balaban J connectivity index is 2.01. The minimum Gasteiger partial charge on any atom is -0.387 e. The number of carbonyl (C=O) groups excluding carboxylic acids is 1. The summed E-state index contributed by atoms with van der Waals surface area (Å²) in [6.45, 7) is 2.25. The number of ether oxygens (including phenoxy) is 1. The van der Waals surface area contributed by atoms with Crippen LogP contribution in [0.15, 0.2) is 35.6 Å². The van der Waals surface area contributed by atoms with E-state index in [1.54, 1.807) is 39.7 Å². The molecule has 0 unspecified atom stereocenters. The molecule has 3 N–H and O–H groups in total. The monoisotopic (exact) mass is 398 g/mol. The van der Waals surface area contributed by atoms with E-state index in [2.05, 4.69) is 30.6 Å². The van der Waals surface area contributed by atoms with Gasteiger partial charge in [0.2, 0.25) is 0 Å². The van der Waals surface area contributed by atoms with Crippen molar-refractivity contribution in [3.8, 4) is 0 Å². The zero-order valence-electron chi connectivity index (χ0n) is 16.7. The number of H-pyrrole nitrogens is 1. The Kier molecular flexibility index (Phi) is 6.18. The first-order chi connectivity index (χ1) is 14.0. The number of benzene rings is 1. The summed E-state index contributed by atoms with van der Waals surface area (Å²) in [7, 11) is 4.91. The summed E-state index contributed by atoms with van der Waals surface area (Å²) < 4.78 is 18.7. The van der Waals surface area contributed by atoms with Gasteiger partial charge in [-0.2, -0.15) is 0 Å². The molecule has 0 saturated carbocycles. The lowest BCUT2D eigenvalue weighted by Crippen LogP contribution is -2.35. The van der Waals surface area contributed by atoms with Crippen molar-refractivity contribution in [2.75, 3.05) is 33.1 Å². The van der Waals surface area contributed by atoms with Gasteiger partial charge in [0.15, 0.2) is 5.65 Å². The van der Waals surface area contributed by atoms with E-state index in [-0.39, 0.29) is 17.8 Å². The van der Waals surface area contributed by atoms with E-state index in [1.807, 2.05) is 6.92 Å². The van der Waals surface area contributed by atoms with Crippen LogP contribution < -0.4 is 10.6 Å². The van der Waals surface area contributed by atoms with Crippen LogP contribution in [-0.4, -0.2) is 60.4 Å². The maximum atomic E-state index is 13.6. The molecular weight excluding hydrogens is 375 g/mol. The molecule has 0 saturated heterocycles. The summed E-state index contributed by atoms with van der Waals surface area (Å²) in [6.07, 6.45) is 3.14. The van der Waals surface area contributed by atoms with Crippen molar-refractivity contribution in [2.24, 2.45) is 4.99 Å². The number of halogens is 1. The number of amides is 1. The summed E-state index contributed by atoms with van der Waals surface area (Å²) in [5.41, 5.74) is 3.56. The average Bonchev–Trinajstić information content (AvgIpc) is 3.13. The van der Waals surface area contributed by atoms with Gasteiger partial charge in [0.25, 0.3) is 5.91 Å². The second kappa shape index (κ2) is 8.78. The summed E-state index contributed by atoms with van der Waals surface area (Å²) in [5, 5.41) is 5.83. The van der Waals surface area contributed by atoms with E-state index in [4.69, 9.17) is 4.74 Å². The number of nitrogens with one attached hydrogen (secondary N) is 3. The SMILES string of the molecule is CN=C(c1cnc2[nH]cc(C(=O)N[C@@H](C)COC)c2n1)c1ccc(F)cc1NC. The van der Waals surface area contributed by atoms with Gasteiger partial charge in [-0.05, 0) is 25.1 Å². The van der Waals surface area contributed by atoms with E-state index in [0.29, 0.717) is 46.0 Å². The first-order valence-electron chi connectivity index (χ1n) is 9.07. The highest BCUT2D eigenvalue weighted by Crippen LogP contribution is 2.22. The van der Waals surface area contributed by atoms with Gasteiger partial charge in [-0.1, -0.05) is 0 Å². The second-order valence-corrected chi connectivity index (χ2v) is 6.50. The van der Waals surface area contributed by atoms with E-state index in [0.717, 1.165) is 0 Å². The molecule has 0 bridgehead atoms. The van der Waals surface area contributed by atoms with Gasteiger partial charge in [-0.15, -0.1) is 0 Å². The van der Waals surface area contributed by atoms with Crippen LogP contribution in [0.3, 0.4) is 0 Å². The molecule has 9 heteroatoms. The number of methoxy groups -OCH3 is 1. The standard InChI is InChI=1S/C20H23FN6O2/c1-11(10-29-4)26-20(28)14-8-24-19-18(14)27-16(9-25-19)17(23-3)13-6-5-12(21)7-15(13)22-2/h5-9,11,22H,10H2,1-4H3,(H,24,25)(H,26,28)/t11-/m0/s1. The Bertz CT molecular complexity index is 1060. The molecular formula is C20H23FN6O2. The topological polar surface area (TPSA) is 104 Å². The number of hydrogen-bond acceptors (Lipinski definition) is 6. The van der Waals surface area contributed by atoms with Gasteiger partial charge >= 0.3 is 0 Å². The molecule has 8 nitrogen and oxygen atoms in total. The molecule has 2 aromatic heterocycles. The van der Waals surface area contributed by atoms with Crippen molar-refractivity contribution in [1.29, 1.82) is 0 Å². The van der Waals surface area contributed by atoms with Crippen LogP contribution in [0.5, 0.6) is 0 Å². The molecule has 3 aromatic rings. The number of anilines is 1. The van der Waals surface area contributed by atoms with Crippen LogP contribution >= 0.6 is 0 Å². The van der Waals surface area contributed by atoms with Crippen molar-refractivity contribution < 1.29 is 13.9 Å². The number of aromatic nitrogens is 3. The third-order valence-corrected chi connectivity index (χ3v) is 4.39. The van der Waals surface area contributed by atoms with Crippen molar-refractivity contribution in [3.05, 3.63) is 53.2 Å². The molecule has 1 aromatic carbocycles. The fraction of sp³-hybridized carbons (Fsp3) is 0.300. The average molecular weight is 398 g/mol. The lowest BCUT2D eigenvalue weighted by atomic mass is 10.0. The van der Waals surface area contributed by atoms with Gasteiger partial charge in [-0.25, -0.2) is 14.4 Å². The summed E-state index contributed by atoms with van der Waals surface area (Å²) >= 11 is 0. The Morgan fingerprint density at radius 2 is 2.17 bits per heavy atom. The first-order valence-corrected chi connectivity index (χ1v) is 9.07. The Morgan fingerprint density at radius 1 is 1.38 bits per heavy atom. The highest BCUT2D eigenvalue weighted by Gasteiger charge is 2.19. The predicted octanol–water partition coefficient (Wildman–Crippen LogP) is 2.37. The first kappa shape index (κ1) is 20.4. The second-order valence-electron chi connectivity index (χ2n) is 6.50. The highest BCUT2D eigenvalue weighted by atomic mass is 19.1. The van der Waals surface area contributed by atoms with Crippen LogP contribution in [0.4, 0.5) is 10.1 Å². The molecule has 0 aliphatic carbocycles. The highest BCUT2D eigenvalue weighted by molar-refractivity contribution is 6.15. The molecule has 1 amide bonds. The lowest BCUT2D eigenvalue weighted by Gasteiger charge is -2.13. The van der Waals surface area contributed by atoms with Crippen molar-refractivity contribution in [1.82, 2.24) is 20.3 Å². The Hall–Kier alpha value is -3.33. The van der Waals surface area contributed by atoms with E-state index in [9.17, 15) is 9.18 Å². The third-order valence-electron chi connectivity index (χ3n) is 4.39. The van der Waals surface area contributed by atoms with E-state index >= 15 is 0 Å². The lowest BCUT2D eigenvalue weighted by molar-refractivity contribution is 0.0907. The Labute approximate surface area is 167 Å². The van der Waals surface area contributed by atoms with Gasteiger partial charge < -0.3 is 20.4 Å². The Morgan fingerprint density at radius 3 is 2.86 bits per heavy atom. The number of fused-ring (bicyclic) bond motifs is 1. The number of rotatable bonds is 7. The van der Waals surface area contributed by atoms with Crippen molar-refractivity contribution >= 4 is 28.5 Å². The smallest absolute Gasteiger partial charge is 0.255 e. The zero-order chi connectivity index (χ0) is 21.0. The van der Waals surface area contributed by atoms with Crippen LogP contribution in [0.25, 0.3) is 11.2 Å². The molecule has 0 fully saturated rings. The molecule has 152 valence electrons. The molecule has 1 atom stereocenters. The molecule has 0 radical (unpaired) electrons. The number of carbonyl (C=O) groups is 1. The van der Waals surface area contributed by atoms with E-state index < -0.39 is 0 Å². The normalized spacial score (nSPS) is 12.8. The largest absolute Gasteiger partial charge is 0.387 e. The molecule has 2 heterocycles. The molecule has 0 aliphatic rings. The predicted molar refractivity (Wildman–Crippen MR) is 110 cm³/mol. The fourth-order valence-electron chi connectivity index (χ4n) is 3.07. The fourth-order valence-corrected chi connectivity index (χ4v) is 3.07. The molecule has 29 heavy (non-hydrogen) atoms. The van der Waals surface area contributed by atoms with Crippen LogP contribution in [0.1, 0.15) is 28.5 Å². The summed E-state index contributed by atoms with van der Waals surface area (Å²) in [6, 6.07) is 4.23. The van der Waals surface area contributed by atoms with E-state index in [1.165, 1.54) is 12.1 Å². The summed E-state index contributed by atoms with van der Waals surface area (Å²) in [4.78, 5) is 28.9. The number of hydrogen-bond donors (Lipinski definition) is 3. The molecule has 0 spiro atoms. The van der Waals surface area contributed by atoms with Gasteiger partial charge in [0.1, 0.15) is 17.0 Å². The van der Waals surface area contributed by atoms with Crippen molar-refractivity contribution in [3.63, 3.8) is 0 Å². The van der Waals surface area contributed by atoms with Gasteiger partial charge in [0.05, 0.1) is 24.1 Å². The maximum absolute atomic E-state index is 13.6. The number of aliphatic imine (C=N–C) groups is 1. The molecule has 0 aliphatic heterocycles. The van der Waals surface area contributed by atoms with Crippen LogP contribution in [-0.2, 0) is 4.74 Å². The zero-order valence-corrected chi connectivity index (χ0v) is 16.7. The third kappa shape index (κ3) is 4.24. The van der Waals surface area contributed by atoms with Gasteiger partial charge in [-0.3, -0.25) is 9.79 Å². The van der Waals surface area contributed by atoms with Gasteiger partial charge in [0, 0.05) is 44.7 Å². The number of aromatic amines is 1. The quantitative estimate of drug-likeness (QED) is 0.530. The minimum absolute atomic E-state index is 0.154. The van der Waals surface area contributed by atoms with Crippen molar-refractivity contribution in [2.45, 2.75) is 13.0 Å². The minimum atomic E-state index is -0.357. The summed E-state index contributed by atoms with van der Waals surface area (Å²) in [5.74, 6) is -0.634.